The van der Waals surface area contributed by atoms with E-state index in [-0.39, 0.29) is 12.4 Å². The van der Waals surface area contributed by atoms with E-state index in [1.165, 1.54) is 18.2 Å². The lowest BCUT2D eigenvalue weighted by Crippen LogP contribution is -2.26. The Kier molecular flexibility index (Phi) is 6.53. The molecule has 0 aromatic heterocycles. The minimum Gasteiger partial charge on any atom is -0.447 e. The number of nitrogens with one attached hydrogen (secondary N) is 1. The maximum absolute atomic E-state index is 12.6. The third-order valence-electron chi connectivity index (χ3n) is 4.82. The molecule has 0 fully saturated rings. The molecule has 3 rings (SSSR count). The fraction of sp³-hybridized carbons (Fsp3) is 0.333. The number of nitrogens with zero attached hydrogens (tertiary/aromatic N) is 2. The summed E-state index contributed by atoms with van der Waals surface area (Å²) in [5, 5.41) is 12.2. The highest BCUT2D eigenvalue weighted by Gasteiger charge is 2.40. The number of rotatable bonds is 6. The summed E-state index contributed by atoms with van der Waals surface area (Å²) in [5.41, 5.74) is 2.27. The molecule has 1 N–H and O–H groups in total. The summed E-state index contributed by atoms with van der Waals surface area (Å²) >= 11 is 0. The van der Waals surface area contributed by atoms with Crippen LogP contribution in [0.5, 0.6) is 5.75 Å². The van der Waals surface area contributed by atoms with Crippen LogP contribution in [0.15, 0.2) is 42.5 Å². The number of carbonyl (C=O) groups excluding carboxylic acids is 1. The number of carbonyl (C=O) groups is 1. The van der Waals surface area contributed by atoms with Crippen molar-refractivity contribution in [1.82, 2.24) is 0 Å². The first kappa shape index (κ1) is 22.2. The Bertz CT molecular complexity index is 973. The number of fused-ring (bicyclic) bond motifs is 1. The molecule has 0 bridgehead atoms. The van der Waals surface area contributed by atoms with E-state index in [1.54, 1.807) is 24.3 Å². The summed E-state index contributed by atoms with van der Waals surface area (Å²) in [6.07, 6.45) is -5.60. The Morgan fingerprint density at radius 3 is 2.52 bits per heavy atom. The summed E-state index contributed by atoms with van der Waals surface area (Å²) in [5.74, 6) is -0.961. The van der Waals surface area contributed by atoms with Gasteiger partial charge in [0, 0.05) is 24.0 Å². The topological polar surface area (TPSA) is 74.6 Å². The van der Waals surface area contributed by atoms with Gasteiger partial charge >= 0.3 is 12.5 Å². The van der Waals surface area contributed by atoms with Gasteiger partial charge in [-0.3, -0.25) is 5.32 Å². The predicted octanol–water partition coefficient (Wildman–Crippen LogP) is 5.29. The number of benzene rings is 2. The molecule has 0 saturated heterocycles. The van der Waals surface area contributed by atoms with Crippen LogP contribution in [0.4, 0.5) is 33.7 Å². The molecule has 2 aromatic rings. The van der Waals surface area contributed by atoms with Crippen LogP contribution < -0.4 is 15.0 Å². The minimum absolute atomic E-state index is 0.348. The number of likely N-dealkylation sites (N-methyl/N-ethyl adjacent to an activating group) is 1. The van der Waals surface area contributed by atoms with Crippen molar-refractivity contribution in [3.8, 4) is 11.8 Å². The van der Waals surface area contributed by atoms with Gasteiger partial charge in [-0.1, -0.05) is 18.2 Å². The standard InChI is InChI=1S/C21H19F4N3O3/c1-2-28-18-11-15(31-21(23,24)25)7-8-16(18)17(12-26)19(28)13-3-5-14(6-4-13)27-20(29)30-10-9-22/h3-8,11,17,19H,2,9-10H2,1H3,(H,27,29). The summed E-state index contributed by atoms with van der Waals surface area (Å²) in [7, 11) is 0. The molecule has 1 amide bonds. The monoisotopic (exact) mass is 437 g/mol. The Balaban J connectivity index is 1.86. The van der Waals surface area contributed by atoms with Gasteiger partial charge in [0.2, 0.25) is 0 Å². The Morgan fingerprint density at radius 1 is 1.23 bits per heavy atom. The fourth-order valence-corrected chi connectivity index (χ4v) is 3.66. The summed E-state index contributed by atoms with van der Waals surface area (Å²) in [6.45, 7) is 1.15. The van der Waals surface area contributed by atoms with Crippen LogP contribution in [0.2, 0.25) is 0 Å². The first-order valence-electron chi connectivity index (χ1n) is 9.43. The summed E-state index contributed by atoms with van der Waals surface area (Å²) < 4.78 is 58.5. The second-order valence-electron chi connectivity index (χ2n) is 6.68. The smallest absolute Gasteiger partial charge is 0.447 e. The van der Waals surface area contributed by atoms with E-state index >= 15 is 0 Å². The molecule has 0 saturated carbocycles. The van der Waals surface area contributed by atoms with Crippen molar-refractivity contribution in [1.29, 1.82) is 5.26 Å². The lowest BCUT2D eigenvalue weighted by atomic mass is 9.91. The first-order chi connectivity index (χ1) is 14.8. The van der Waals surface area contributed by atoms with Gasteiger partial charge in [0.05, 0.1) is 18.0 Å². The number of nitriles is 1. The molecule has 0 aliphatic carbocycles. The highest BCUT2D eigenvalue weighted by atomic mass is 19.4. The summed E-state index contributed by atoms with van der Waals surface area (Å²) in [4.78, 5) is 13.4. The van der Waals surface area contributed by atoms with Gasteiger partial charge in [-0.25, -0.2) is 9.18 Å². The highest BCUT2D eigenvalue weighted by Crippen LogP contribution is 2.50. The highest BCUT2D eigenvalue weighted by molar-refractivity contribution is 5.84. The van der Waals surface area contributed by atoms with Gasteiger partial charge < -0.3 is 14.4 Å². The molecule has 6 nitrogen and oxygen atoms in total. The SMILES string of the molecule is CCN1c2cc(OC(F)(F)F)ccc2C(C#N)C1c1ccc(NC(=O)OCCF)cc1. The molecule has 10 heteroatoms. The molecular formula is C21H19F4N3O3. The lowest BCUT2D eigenvalue weighted by molar-refractivity contribution is -0.274. The fourth-order valence-electron chi connectivity index (χ4n) is 3.66. The average Bonchev–Trinajstić information content (AvgIpc) is 3.04. The average molecular weight is 437 g/mol. The molecule has 1 heterocycles. The predicted molar refractivity (Wildman–Crippen MR) is 105 cm³/mol. The van der Waals surface area contributed by atoms with Crippen LogP contribution in [0.1, 0.15) is 30.0 Å². The van der Waals surface area contributed by atoms with E-state index < -0.39 is 31.1 Å². The van der Waals surface area contributed by atoms with Gasteiger partial charge in [-0.2, -0.15) is 5.26 Å². The van der Waals surface area contributed by atoms with E-state index in [2.05, 4.69) is 20.9 Å². The zero-order valence-electron chi connectivity index (χ0n) is 16.4. The maximum atomic E-state index is 12.6. The molecule has 31 heavy (non-hydrogen) atoms. The van der Waals surface area contributed by atoms with Gasteiger partial charge in [-0.05, 0) is 36.2 Å². The van der Waals surface area contributed by atoms with Crippen molar-refractivity contribution >= 4 is 17.5 Å². The van der Waals surface area contributed by atoms with Crippen LogP contribution >= 0.6 is 0 Å². The largest absolute Gasteiger partial charge is 0.573 e. The molecule has 1 aliphatic heterocycles. The minimum atomic E-state index is -4.81. The van der Waals surface area contributed by atoms with Crippen LogP contribution in [0.3, 0.4) is 0 Å². The number of ether oxygens (including phenoxy) is 2. The zero-order valence-corrected chi connectivity index (χ0v) is 16.4. The number of alkyl halides is 4. The first-order valence-corrected chi connectivity index (χ1v) is 9.43. The summed E-state index contributed by atoms with van der Waals surface area (Å²) in [6, 6.07) is 12.4. The zero-order chi connectivity index (χ0) is 22.6. The number of anilines is 2. The Labute approximate surface area is 176 Å². The second-order valence-corrected chi connectivity index (χ2v) is 6.68. The second kappa shape index (κ2) is 9.12. The Hall–Kier alpha value is -3.48. The van der Waals surface area contributed by atoms with E-state index in [0.717, 1.165) is 5.56 Å². The van der Waals surface area contributed by atoms with E-state index in [1.807, 2.05) is 11.8 Å². The van der Waals surface area contributed by atoms with Gasteiger partial charge in [0.25, 0.3) is 0 Å². The molecule has 0 radical (unpaired) electrons. The van der Waals surface area contributed by atoms with Crippen LogP contribution in [-0.4, -0.2) is 32.3 Å². The number of hydrogen-bond acceptors (Lipinski definition) is 5. The normalized spacial score (nSPS) is 17.6. The number of amides is 1. The van der Waals surface area contributed by atoms with Crippen LogP contribution in [-0.2, 0) is 4.74 Å². The number of halogens is 4. The van der Waals surface area contributed by atoms with Crippen LogP contribution in [0.25, 0.3) is 0 Å². The third kappa shape index (κ3) is 4.99. The van der Waals surface area contributed by atoms with Gasteiger partial charge in [0.15, 0.2) is 0 Å². The lowest BCUT2D eigenvalue weighted by Gasteiger charge is -2.28. The van der Waals surface area contributed by atoms with Gasteiger partial charge in [-0.15, -0.1) is 13.2 Å². The van der Waals surface area contributed by atoms with Crippen molar-refractivity contribution < 1.29 is 31.8 Å². The molecule has 2 atom stereocenters. The molecule has 2 aromatic carbocycles. The number of hydrogen-bond donors (Lipinski definition) is 1. The third-order valence-corrected chi connectivity index (χ3v) is 4.82. The Morgan fingerprint density at radius 2 is 1.94 bits per heavy atom. The van der Waals surface area contributed by atoms with E-state index in [4.69, 9.17) is 0 Å². The molecule has 2 unspecified atom stereocenters. The van der Waals surface area contributed by atoms with Crippen molar-refractivity contribution in [3.05, 3.63) is 53.6 Å². The molecule has 164 valence electrons. The van der Waals surface area contributed by atoms with E-state index in [0.29, 0.717) is 23.5 Å². The van der Waals surface area contributed by atoms with E-state index in [9.17, 15) is 27.6 Å². The quantitative estimate of drug-likeness (QED) is 0.622. The van der Waals surface area contributed by atoms with Crippen molar-refractivity contribution in [2.45, 2.75) is 25.2 Å². The maximum Gasteiger partial charge on any atom is 0.573 e. The molecule has 0 spiro atoms. The molecular weight excluding hydrogens is 418 g/mol. The van der Waals surface area contributed by atoms with Crippen molar-refractivity contribution in [2.75, 3.05) is 30.0 Å². The van der Waals surface area contributed by atoms with Crippen molar-refractivity contribution in [3.63, 3.8) is 0 Å². The molecule has 1 aliphatic rings. The van der Waals surface area contributed by atoms with Crippen molar-refractivity contribution in [2.24, 2.45) is 0 Å². The van der Waals surface area contributed by atoms with Gasteiger partial charge in [0.1, 0.15) is 19.0 Å². The van der Waals surface area contributed by atoms with Crippen LogP contribution in [0, 0.1) is 11.3 Å².